The van der Waals surface area contributed by atoms with Gasteiger partial charge in [0.1, 0.15) is 11.9 Å². The number of hydrogen-bond acceptors (Lipinski definition) is 4. The first-order valence-corrected chi connectivity index (χ1v) is 9.32. The highest BCUT2D eigenvalue weighted by Crippen LogP contribution is 2.32. The molecule has 1 N–H and O–H groups in total. The SMILES string of the molecule is Cc1ccc(-c2noc(C3CCCN3C(=O)Nc3ccc(F)c(Cl)c3)n2)cc1. The minimum absolute atomic E-state index is 0.0459. The maximum Gasteiger partial charge on any atom is 0.322 e. The number of carbonyl (C=O) groups is 1. The van der Waals surface area contributed by atoms with Crippen molar-refractivity contribution in [1.29, 1.82) is 0 Å². The van der Waals surface area contributed by atoms with Gasteiger partial charge in [0, 0.05) is 17.8 Å². The second-order valence-corrected chi connectivity index (χ2v) is 7.14. The third-order valence-corrected chi connectivity index (χ3v) is 5.01. The van der Waals surface area contributed by atoms with Gasteiger partial charge in [-0.15, -0.1) is 0 Å². The number of nitrogens with zero attached hydrogens (tertiary/aromatic N) is 3. The summed E-state index contributed by atoms with van der Waals surface area (Å²) in [4.78, 5) is 18.8. The molecule has 28 heavy (non-hydrogen) atoms. The highest BCUT2D eigenvalue weighted by molar-refractivity contribution is 6.31. The van der Waals surface area contributed by atoms with E-state index in [1.807, 2.05) is 31.2 Å². The van der Waals surface area contributed by atoms with Crippen LogP contribution in [0, 0.1) is 12.7 Å². The number of aromatic nitrogens is 2. The van der Waals surface area contributed by atoms with E-state index >= 15 is 0 Å². The van der Waals surface area contributed by atoms with Crippen molar-refractivity contribution in [2.75, 3.05) is 11.9 Å². The third kappa shape index (κ3) is 3.71. The zero-order valence-electron chi connectivity index (χ0n) is 15.2. The molecule has 1 aliphatic heterocycles. The van der Waals surface area contributed by atoms with E-state index in [4.69, 9.17) is 16.1 Å². The molecule has 0 saturated carbocycles. The molecule has 3 aromatic rings. The van der Waals surface area contributed by atoms with Gasteiger partial charge in [0.05, 0.1) is 5.02 Å². The quantitative estimate of drug-likeness (QED) is 0.655. The van der Waals surface area contributed by atoms with Gasteiger partial charge in [-0.05, 0) is 38.0 Å². The monoisotopic (exact) mass is 400 g/mol. The number of carbonyl (C=O) groups excluding carboxylic acids is 1. The van der Waals surface area contributed by atoms with Crippen LogP contribution in [-0.4, -0.2) is 27.6 Å². The van der Waals surface area contributed by atoms with Crippen LogP contribution in [0.2, 0.25) is 5.02 Å². The molecule has 1 unspecified atom stereocenters. The maximum atomic E-state index is 13.3. The smallest absolute Gasteiger partial charge is 0.322 e. The van der Waals surface area contributed by atoms with Crippen LogP contribution in [0.3, 0.4) is 0 Å². The first-order valence-electron chi connectivity index (χ1n) is 8.94. The third-order valence-electron chi connectivity index (χ3n) is 4.72. The normalized spacial score (nSPS) is 16.4. The zero-order valence-corrected chi connectivity index (χ0v) is 15.9. The molecule has 1 aliphatic rings. The summed E-state index contributed by atoms with van der Waals surface area (Å²) in [7, 11) is 0. The number of benzene rings is 2. The predicted molar refractivity (Wildman–Crippen MR) is 104 cm³/mol. The van der Waals surface area contributed by atoms with Crippen LogP contribution in [0.15, 0.2) is 47.0 Å². The predicted octanol–water partition coefficient (Wildman–Crippen LogP) is 5.21. The van der Waals surface area contributed by atoms with Gasteiger partial charge >= 0.3 is 6.03 Å². The van der Waals surface area contributed by atoms with Gasteiger partial charge in [-0.2, -0.15) is 4.98 Å². The molecule has 6 nitrogen and oxygen atoms in total. The van der Waals surface area contributed by atoms with E-state index in [0.717, 1.165) is 24.0 Å². The fraction of sp³-hybridized carbons (Fsp3) is 0.250. The first-order chi connectivity index (χ1) is 13.5. The Kier molecular flexibility index (Phi) is 5.00. The number of anilines is 1. The fourth-order valence-corrected chi connectivity index (χ4v) is 3.41. The van der Waals surface area contributed by atoms with E-state index < -0.39 is 5.82 Å². The van der Waals surface area contributed by atoms with E-state index in [1.165, 1.54) is 18.2 Å². The maximum absolute atomic E-state index is 13.3. The molecule has 2 heterocycles. The van der Waals surface area contributed by atoms with E-state index in [2.05, 4.69) is 15.5 Å². The summed E-state index contributed by atoms with van der Waals surface area (Å²) < 4.78 is 18.7. The van der Waals surface area contributed by atoms with Crippen LogP contribution in [0.5, 0.6) is 0 Å². The number of aryl methyl sites for hydroxylation is 1. The Morgan fingerprint density at radius 3 is 2.82 bits per heavy atom. The lowest BCUT2D eigenvalue weighted by molar-refractivity contribution is 0.193. The molecule has 1 atom stereocenters. The van der Waals surface area contributed by atoms with Crippen molar-refractivity contribution >= 4 is 23.3 Å². The fourth-order valence-electron chi connectivity index (χ4n) is 3.23. The van der Waals surface area contributed by atoms with E-state index in [1.54, 1.807) is 4.90 Å². The first kappa shape index (κ1) is 18.4. The van der Waals surface area contributed by atoms with E-state index in [-0.39, 0.29) is 17.1 Å². The Bertz CT molecular complexity index is 1010. The summed E-state index contributed by atoms with van der Waals surface area (Å²) in [5.74, 6) is 0.362. The van der Waals surface area contributed by atoms with Gasteiger partial charge in [0.2, 0.25) is 11.7 Å². The Balaban J connectivity index is 1.51. The Morgan fingerprint density at radius 1 is 1.29 bits per heavy atom. The van der Waals surface area contributed by atoms with Crippen LogP contribution in [-0.2, 0) is 0 Å². The van der Waals surface area contributed by atoms with E-state index in [9.17, 15) is 9.18 Å². The molecule has 0 spiro atoms. The molecule has 2 aromatic carbocycles. The molecular weight excluding hydrogens is 383 g/mol. The number of urea groups is 1. The van der Waals surface area contributed by atoms with Crippen molar-refractivity contribution in [2.24, 2.45) is 0 Å². The molecule has 1 fully saturated rings. The minimum Gasteiger partial charge on any atom is -0.337 e. The van der Waals surface area contributed by atoms with Gasteiger partial charge in [0.25, 0.3) is 0 Å². The number of likely N-dealkylation sites (tertiary alicyclic amines) is 1. The molecule has 144 valence electrons. The second-order valence-electron chi connectivity index (χ2n) is 6.73. The van der Waals surface area contributed by atoms with Crippen molar-refractivity contribution in [2.45, 2.75) is 25.8 Å². The zero-order chi connectivity index (χ0) is 19.7. The molecule has 4 rings (SSSR count). The summed E-state index contributed by atoms with van der Waals surface area (Å²) in [5, 5.41) is 6.75. The standard InChI is InChI=1S/C20H18ClFN4O2/c1-12-4-6-13(7-5-12)18-24-19(28-25-18)17-3-2-10-26(17)20(27)23-14-8-9-16(22)15(21)11-14/h4-9,11,17H,2-3,10H2,1H3,(H,23,27). The largest absolute Gasteiger partial charge is 0.337 e. The van der Waals surface area contributed by atoms with Gasteiger partial charge in [0.15, 0.2) is 0 Å². The van der Waals surface area contributed by atoms with Crippen LogP contribution < -0.4 is 5.32 Å². The highest BCUT2D eigenvalue weighted by atomic mass is 35.5. The summed E-state index contributed by atoms with van der Waals surface area (Å²) in [6.07, 6.45) is 1.55. The van der Waals surface area contributed by atoms with Crippen LogP contribution in [0.1, 0.15) is 30.3 Å². The topological polar surface area (TPSA) is 71.3 Å². The molecular formula is C20H18ClFN4O2. The Morgan fingerprint density at radius 2 is 2.07 bits per heavy atom. The van der Waals surface area contributed by atoms with Gasteiger partial charge < -0.3 is 14.7 Å². The van der Waals surface area contributed by atoms with Gasteiger partial charge in [-0.3, -0.25) is 0 Å². The Labute approximate surface area is 166 Å². The Hall–Kier alpha value is -2.93. The van der Waals surface area contributed by atoms with E-state index in [0.29, 0.717) is 23.9 Å². The van der Waals surface area contributed by atoms with Crippen molar-refractivity contribution in [3.63, 3.8) is 0 Å². The molecule has 0 bridgehead atoms. The molecule has 1 aromatic heterocycles. The lowest BCUT2D eigenvalue weighted by atomic mass is 10.1. The van der Waals surface area contributed by atoms with Crippen molar-refractivity contribution in [3.05, 3.63) is 64.8 Å². The number of amides is 2. The van der Waals surface area contributed by atoms with Crippen LogP contribution in [0.4, 0.5) is 14.9 Å². The van der Waals surface area contributed by atoms with Crippen LogP contribution in [0.25, 0.3) is 11.4 Å². The number of halogens is 2. The highest BCUT2D eigenvalue weighted by Gasteiger charge is 2.34. The second kappa shape index (κ2) is 7.59. The van der Waals surface area contributed by atoms with Gasteiger partial charge in [-0.1, -0.05) is 46.6 Å². The average Bonchev–Trinajstić information content (AvgIpc) is 3.34. The molecule has 0 radical (unpaired) electrons. The molecule has 1 saturated heterocycles. The minimum atomic E-state index is -0.534. The summed E-state index contributed by atoms with van der Waals surface area (Å²) in [6, 6.07) is 11.3. The average molecular weight is 401 g/mol. The molecule has 8 heteroatoms. The lowest BCUT2D eigenvalue weighted by Crippen LogP contribution is -2.34. The molecule has 2 amide bonds. The molecule has 0 aliphatic carbocycles. The summed E-state index contributed by atoms with van der Waals surface area (Å²) in [5.41, 5.74) is 2.43. The number of hydrogen-bond donors (Lipinski definition) is 1. The van der Waals surface area contributed by atoms with Crippen LogP contribution >= 0.6 is 11.6 Å². The number of nitrogens with one attached hydrogen (secondary N) is 1. The summed E-state index contributed by atoms with van der Waals surface area (Å²) in [6.45, 7) is 2.57. The summed E-state index contributed by atoms with van der Waals surface area (Å²) >= 11 is 5.78. The van der Waals surface area contributed by atoms with Gasteiger partial charge in [-0.25, -0.2) is 9.18 Å². The van der Waals surface area contributed by atoms with Crippen molar-refractivity contribution in [1.82, 2.24) is 15.0 Å². The van der Waals surface area contributed by atoms with Crippen molar-refractivity contribution in [3.8, 4) is 11.4 Å². The lowest BCUT2D eigenvalue weighted by Gasteiger charge is -2.22. The van der Waals surface area contributed by atoms with Crippen molar-refractivity contribution < 1.29 is 13.7 Å². The number of rotatable bonds is 3.